The summed E-state index contributed by atoms with van der Waals surface area (Å²) in [6.45, 7) is 4.44. The summed E-state index contributed by atoms with van der Waals surface area (Å²) in [5.41, 5.74) is 0. The molecule has 0 spiro atoms. The van der Waals surface area contributed by atoms with Crippen LogP contribution in [0, 0.1) is 5.92 Å². The summed E-state index contributed by atoms with van der Waals surface area (Å²) in [6, 6.07) is 0.387. The van der Waals surface area contributed by atoms with Gasteiger partial charge in [0.2, 0.25) is 5.89 Å². The number of nitrogens with zero attached hydrogens (tertiary/aromatic N) is 3. The predicted molar refractivity (Wildman–Crippen MR) is 65.8 cm³/mol. The topological polar surface area (TPSA) is 54.2 Å². The molecule has 17 heavy (non-hydrogen) atoms. The van der Waals surface area contributed by atoms with Gasteiger partial charge in [-0.1, -0.05) is 5.16 Å². The van der Waals surface area contributed by atoms with Gasteiger partial charge in [-0.25, -0.2) is 0 Å². The first-order valence-electron chi connectivity index (χ1n) is 6.34. The number of nitrogens with one attached hydrogen (secondary N) is 1. The van der Waals surface area contributed by atoms with Crippen LogP contribution in [-0.4, -0.2) is 48.3 Å². The Bertz CT molecular complexity index is 352. The van der Waals surface area contributed by atoms with E-state index in [2.05, 4.69) is 34.3 Å². The van der Waals surface area contributed by atoms with Crippen LogP contribution in [0.2, 0.25) is 0 Å². The molecule has 0 aromatic carbocycles. The zero-order valence-corrected chi connectivity index (χ0v) is 10.9. The van der Waals surface area contributed by atoms with Crippen LogP contribution in [0.5, 0.6) is 0 Å². The summed E-state index contributed by atoms with van der Waals surface area (Å²) < 4.78 is 5.30. The Labute approximate surface area is 103 Å². The van der Waals surface area contributed by atoms with Crippen LogP contribution in [0.15, 0.2) is 4.52 Å². The van der Waals surface area contributed by atoms with E-state index in [9.17, 15) is 0 Å². The SMILES string of the molecule is CNC(C)Cc1noc(CC2CCN(C)C2)n1. The number of likely N-dealkylation sites (tertiary alicyclic amines) is 1. The van der Waals surface area contributed by atoms with Gasteiger partial charge < -0.3 is 14.7 Å². The van der Waals surface area contributed by atoms with E-state index in [0.29, 0.717) is 12.0 Å². The lowest BCUT2D eigenvalue weighted by atomic mass is 10.1. The molecule has 0 radical (unpaired) electrons. The van der Waals surface area contributed by atoms with E-state index >= 15 is 0 Å². The summed E-state index contributed by atoms with van der Waals surface area (Å²) >= 11 is 0. The van der Waals surface area contributed by atoms with Crippen molar-refractivity contribution in [3.63, 3.8) is 0 Å². The minimum Gasteiger partial charge on any atom is -0.339 e. The molecule has 0 amide bonds. The van der Waals surface area contributed by atoms with Crippen LogP contribution in [0.1, 0.15) is 25.1 Å². The van der Waals surface area contributed by atoms with Crippen molar-refractivity contribution in [3.8, 4) is 0 Å². The monoisotopic (exact) mass is 238 g/mol. The Morgan fingerprint density at radius 2 is 2.41 bits per heavy atom. The lowest BCUT2D eigenvalue weighted by Crippen LogP contribution is -2.24. The van der Waals surface area contributed by atoms with Gasteiger partial charge in [-0.05, 0) is 39.9 Å². The number of aromatic nitrogens is 2. The van der Waals surface area contributed by atoms with E-state index < -0.39 is 0 Å². The Kier molecular flexibility index (Phi) is 4.12. The van der Waals surface area contributed by atoms with Gasteiger partial charge in [0.05, 0.1) is 0 Å². The fourth-order valence-corrected chi connectivity index (χ4v) is 2.27. The second-order valence-electron chi connectivity index (χ2n) is 5.12. The molecule has 1 N–H and O–H groups in total. The second-order valence-corrected chi connectivity index (χ2v) is 5.12. The zero-order chi connectivity index (χ0) is 12.3. The molecule has 96 valence electrons. The van der Waals surface area contributed by atoms with E-state index in [1.54, 1.807) is 0 Å². The van der Waals surface area contributed by atoms with Crippen LogP contribution in [-0.2, 0) is 12.8 Å². The first-order chi connectivity index (χ1) is 8.17. The highest BCUT2D eigenvalue weighted by Crippen LogP contribution is 2.18. The maximum absolute atomic E-state index is 5.30. The Morgan fingerprint density at radius 1 is 1.59 bits per heavy atom. The maximum atomic E-state index is 5.30. The van der Waals surface area contributed by atoms with E-state index in [0.717, 1.165) is 31.1 Å². The normalized spacial score (nSPS) is 23.1. The molecule has 5 nitrogen and oxygen atoms in total. The van der Waals surface area contributed by atoms with Crippen LogP contribution in [0.4, 0.5) is 0 Å². The second kappa shape index (κ2) is 5.60. The van der Waals surface area contributed by atoms with Crippen LogP contribution < -0.4 is 5.32 Å². The number of hydrogen-bond acceptors (Lipinski definition) is 5. The minimum atomic E-state index is 0.387. The van der Waals surface area contributed by atoms with Crippen molar-refractivity contribution in [1.82, 2.24) is 20.4 Å². The lowest BCUT2D eigenvalue weighted by molar-refractivity contribution is 0.340. The standard InChI is InChI=1S/C12H22N4O/c1-9(13-2)6-11-14-12(17-15-11)7-10-4-5-16(3)8-10/h9-10,13H,4-8H2,1-3H3. The first kappa shape index (κ1) is 12.5. The maximum Gasteiger partial charge on any atom is 0.226 e. The number of rotatable bonds is 5. The molecule has 1 aromatic rings. The third-order valence-electron chi connectivity index (χ3n) is 3.44. The van der Waals surface area contributed by atoms with Crippen molar-refractivity contribution >= 4 is 0 Å². The first-order valence-corrected chi connectivity index (χ1v) is 6.34. The van der Waals surface area contributed by atoms with Crippen molar-refractivity contribution < 1.29 is 4.52 Å². The molecular weight excluding hydrogens is 216 g/mol. The summed E-state index contributed by atoms with van der Waals surface area (Å²) in [5, 5.41) is 7.20. The highest BCUT2D eigenvalue weighted by Gasteiger charge is 2.22. The van der Waals surface area contributed by atoms with Crippen LogP contribution in [0.3, 0.4) is 0 Å². The van der Waals surface area contributed by atoms with E-state index in [1.165, 1.54) is 13.0 Å². The van der Waals surface area contributed by atoms with Gasteiger partial charge in [0.25, 0.3) is 0 Å². The Morgan fingerprint density at radius 3 is 3.06 bits per heavy atom. The van der Waals surface area contributed by atoms with Crippen molar-refractivity contribution in [1.29, 1.82) is 0 Å². The molecule has 0 aliphatic carbocycles. The Balaban J connectivity index is 1.85. The van der Waals surface area contributed by atoms with Crippen LogP contribution in [0.25, 0.3) is 0 Å². The largest absolute Gasteiger partial charge is 0.339 e. The molecule has 1 saturated heterocycles. The predicted octanol–water partition coefficient (Wildman–Crippen LogP) is 0.714. The molecule has 2 atom stereocenters. The van der Waals surface area contributed by atoms with Gasteiger partial charge in [0.15, 0.2) is 5.82 Å². The molecule has 1 aliphatic heterocycles. The molecule has 1 aromatic heterocycles. The smallest absolute Gasteiger partial charge is 0.226 e. The molecule has 2 unspecified atom stereocenters. The van der Waals surface area contributed by atoms with Gasteiger partial charge in [0.1, 0.15) is 0 Å². The van der Waals surface area contributed by atoms with Crippen molar-refractivity contribution in [2.75, 3.05) is 27.2 Å². The van der Waals surface area contributed by atoms with E-state index in [4.69, 9.17) is 4.52 Å². The zero-order valence-electron chi connectivity index (χ0n) is 10.9. The summed E-state index contributed by atoms with van der Waals surface area (Å²) in [5.74, 6) is 2.28. The molecule has 0 bridgehead atoms. The average Bonchev–Trinajstić information content (AvgIpc) is 2.89. The fourth-order valence-electron chi connectivity index (χ4n) is 2.27. The van der Waals surface area contributed by atoms with Crippen molar-refractivity contribution in [3.05, 3.63) is 11.7 Å². The van der Waals surface area contributed by atoms with Crippen LogP contribution >= 0.6 is 0 Å². The molecule has 0 saturated carbocycles. The third kappa shape index (κ3) is 3.51. The number of hydrogen-bond donors (Lipinski definition) is 1. The van der Waals surface area contributed by atoms with Crippen molar-refractivity contribution in [2.24, 2.45) is 5.92 Å². The molecule has 2 heterocycles. The van der Waals surface area contributed by atoms with Gasteiger partial charge >= 0.3 is 0 Å². The molecule has 5 heteroatoms. The number of likely N-dealkylation sites (N-methyl/N-ethyl adjacent to an activating group) is 1. The van der Waals surface area contributed by atoms with Gasteiger partial charge in [0, 0.05) is 25.4 Å². The molecular formula is C12H22N4O. The van der Waals surface area contributed by atoms with Gasteiger partial charge in [-0.15, -0.1) is 0 Å². The summed E-state index contributed by atoms with van der Waals surface area (Å²) in [4.78, 5) is 6.80. The van der Waals surface area contributed by atoms with E-state index in [1.807, 2.05) is 7.05 Å². The fraction of sp³-hybridized carbons (Fsp3) is 0.833. The minimum absolute atomic E-state index is 0.387. The average molecular weight is 238 g/mol. The van der Waals surface area contributed by atoms with E-state index in [-0.39, 0.29) is 0 Å². The quantitative estimate of drug-likeness (QED) is 0.819. The molecule has 1 aliphatic rings. The highest BCUT2D eigenvalue weighted by molar-refractivity contribution is 4.91. The Hall–Kier alpha value is -0.940. The third-order valence-corrected chi connectivity index (χ3v) is 3.44. The highest BCUT2D eigenvalue weighted by atomic mass is 16.5. The summed E-state index contributed by atoms with van der Waals surface area (Å²) in [6.07, 6.45) is 2.98. The van der Waals surface area contributed by atoms with Crippen molar-refractivity contribution in [2.45, 2.75) is 32.2 Å². The lowest BCUT2D eigenvalue weighted by Gasteiger charge is -2.07. The molecule has 2 rings (SSSR count). The summed E-state index contributed by atoms with van der Waals surface area (Å²) in [7, 11) is 4.11. The molecule has 1 fully saturated rings. The van der Waals surface area contributed by atoms with Gasteiger partial charge in [-0.3, -0.25) is 0 Å². The van der Waals surface area contributed by atoms with Gasteiger partial charge in [-0.2, -0.15) is 4.98 Å².